The van der Waals surface area contributed by atoms with Crippen molar-refractivity contribution < 1.29 is 9.18 Å². The molecule has 0 unspecified atom stereocenters. The van der Waals surface area contributed by atoms with Crippen molar-refractivity contribution in [2.75, 3.05) is 0 Å². The van der Waals surface area contributed by atoms with E-state index in [4.69, 9.17) is 0 Å². The van der Waals surface area contributed by atoms with Crippen molar-refractivity contribution in [3.8, 4) is 0 Å². The summed E-state index contributed by atoms with van der Waals surface area (Å²) in [6.07, 6.45) is 0. The number of fused-ring (bicyclic) bond motifs is 1. The Balaban J connectivity index is 1.71. The molecule has 20 heavy (non-hydrogen) atoms. The van der Waals surface area contributed by atoms with Crippen molar-refractivity contribution in [1.29, 1.82) is 0 Å². The molecule has 0 fully saturated rings. The van der Waals surface area contributed by atoms with Crippen LogP contribution in [0.1, 0.15) is 21.2 Å². The molecule has 0 saturated carbocycles. The molecule has 8 heteroatoms. The zero-order valence-corrected chi connectivity index (χ0v) is 11.3. The van der Waals surface area contributed by atoms with E-state index >= 15 is 0 Å². The Morgan fingerprint density at radius 2 is 2.30 bits per heavy atom. The molecule has 0 aliphatic carbocycles. The van der Waals surface area contributed by atoms with Gasteiger partial charge in [0.05, 0.1) is 6.54 Å². The van der Waals surface area contributed by atoms with Crippen molar-refractivity contribution in [3.63, 3.8) is 0 Å². The quantitative estimate of drug-likeness (QED) is 0.795. The molecule has 3 rings (SSSR count). The molecule has 0 atom stereocenters. The number of nitrogens with zero attached hydrogens (tertiary/aromatic N) is 4. The number of halogens is 1. The topological polar surface area (TPSA) is 72.2 Å². The van der Waals surface area contributed by atoms with E-state index in [1.54, 1.807) is 17.5 Å². The van der Waals surface area contributed by atoms with E-state index in [2.05, 4.69) is 20.6 Å². The van der Waals surface area contributed by atoms with Gasteiger partial charge in [-0.05, 0) is 25.1 Å². The summed E-state index contributed by atoms with van der Waals surface area (Å²) >= 11 is 1.35. The van der Waals surface area contributed by atoms with Crippen LogP contribution in [0.2, 0.25) is 0 Å². The molecule has 1 N–H and O–H groups in total. The number of aryl methyl sites for hydroxylation is 1. The van der Waals surface area contributed by atoms with Gasteiger partial charge in [-0.3, -0.25) is 4.79 Å². The summed E-state index contributed by atoms with van der Waals surface area (Å²) < 4.78 is 14.6. The van der Waals surface area contributed by atoms with Crippen molar-refractivity contribution in [2.45, 2.75) is 13.5 Å². The van der Waals surface area contributed by atoms with Crippen molar-refractivity contribution >= 4 is 22.2 Å². The fraction of sp³-hybridized carbons (Fsp3) is 0.167. The van der Waals surface area contributed by atoms with Crippen molar-refractivity contribution in [3.05, 3.63) is 46.5 Å². The predicted octanol–water partition coefficient (Wildman–Crippen LogP) is 1.56. The van der Waals surface area contributed by atoms with E-state index in [1.807, 2.05) is 0 Å². The van der Waals surface area contributed by atoms with E-state index < -0.39 is 5.82 Å². The minimum Gasteiger partial charge on any atom is -0.345 e. The third-order valence-corrected chi connectivity index (χ3v) is 3.57. The van der Waals surface area contributed by atoms with Crippen molar-refractivity contribution in [2.24, 2.45) is 0 Å². The third kappa shape index (κ3) is 2.37. The lowest BCUT2D eigenvalue weighted by molar-refractivity contribution is 0.0950. The predicted molar refractivity (Wildman–Crippen MR) is 71.0 cm³/mol. The summed E-state index contributed by atoms with van der Waals surface area (Å²) in [6.45, 7) is 2.07. The van der Waals surface area contributed by atoms with Crippen molar-refractivity contribution in [1.82, 2.24) is 25.1 Å². The second kappa shape index (κ2) is 4.97. The monoisotopic (exact) mass is 291 g/mol. The molecular weight excluding hydrogens is 281 g/mol. The SMILES string of the molecule is Cc1nnc2sc(CNC(=O)c3cccc(F)c3)nn12. The van der Waals surface area contributed by atoms with Crippen LogP contribution in [-0.4, -0.2) is 25.7 Å². The molecule has 0 saturated heterocycles. The first-order chi connectivity index (χ1) is 9.63. The Morgan fingerprint density at radius 1 is 1.45 bits per heavy atom. The van der Waals surface area contributed by atoms with E-state index in [1.165, 1.54) is 29.5 Å². The van der Waals surface area contributed by atoms with Gasteiger partial charge in [-0.2, -0.15) is 9.61 Å². The Labute approximate surface area is 117 Å². The minimum absolute atomic E-state index is 0.267. The molecule has 1 amide bonds. The van der Waals surface area contributed by atoms with Gasteiger partial charge in [0.2, 0.25) is 4.96 Å². The van der Waals surface area contributed by atoms with Crippen LogP contribution >= 0.6 is 11.3 Å². The smallest absolute Gasteiger partial charge is 0.251 e. The maximum Gasteiger partial charge on any atom is 0.251 e. The number of benzene rings is 1. The largest absolute Gasteiger partial charge is 0.345 e. The van der Waals surface area contributed by atoms with Gasteiger partial charge in [-0.1, -0.05) is 17.4 Å². The molecule has 0 radical (unpaired) electrons. The van der Waals surface area contributed by atoms with E-state index in [0.29, 0.717) is 15.8 Å². The van der Waals surface area contributed by atoms with Crippen LogP contribution < -0.4 is 5.32 Å². The Hall–Kier alpha value is -2.35. The highest BCUT2D eigenvalue weighted by atomic mass is 32.1. The average Bonchev–Trinajstić information content (AvgIpc) is 2.98. The highest BCUT2D eigenvalue weighted by molar-refractivity contribution is 7.16. The molecule has 102 valence electrons. The lowest BCUT2D eigenvalue weighted by atomic mass is 10.2. The summed E-state index contributed by atoms with van der Waals surface area (Å²) in [4.78, 5) is 12.5. The fourth-order valence-corrected chi connectivity index (χ4v) is 2.53. The van der Waals surface area contributed by atoms with Crippen LogP contribution in [0.25, 0.3) is 4.96 Å². The Bertz CT molecular complexity index is 781. The molecule has 3 aromatic rings. The first-order valence-electron chi connectivity index (χ1n) is 5.85. The maximum absolute atomic E-state index is 13.0. The first kappa shape index (κ1) is 12.7. The minimum atomic E-state index is -0.438. The second-order valence-electron chi connectivity index (χ2n) is 4.13. The third-order valence-electron chi connectivity index (χ3n) is 2.68. The van der Waals surface area contributed by atoms with Gasteiger partial charge >= 0.3 is 0 Å². The number of amides is 1. The van der Waals surface area contributed by atoms with Crippen LogP contribution in [0.3, 0.4) is 0 Å². The van der Waals surface area contributed by atoms with Gasteiger partial charge in [0.1, 0.15) is 10.8 Å². The Kier molecular flexibility index (Phi) is 3.15. The highest BCUT2D eigenvalue weighted by Gasteiger charge is 2.11. The summed E-state index contributed by atoms with van der Waals surface area (Å²) in [7, 11) is 0. The molecule has 2 aromatic heterocycles. The Morgan fingerprint density at radius 3 is 3.05 bits per heavy atom. The number of carbonyl (C=O) groups excluding carboxylic acids is 1. The van der Waals surface area contributed by atoms with Crippen LogP contribution in [0, 0.1) is 12.7 Å². The average molecular weight is 291 g/mol. The summed E-state index contributed by atoms with van der Waals surface area (Å²) in [6, 6.07) is 5.54. The van der Waals surface area contributed by atoms with Crippen LogP contribution in [-0.2, 0) is 6.54 Å². The number of nitrogens with one attached hydrogen (secondary N) is 1. The van der Waals surface area contributed by atoms with Gasteiger partial charge in [-0.25, -0.2) is 4.39 Å². The van der Waals surface area contributed by atoms with Crippen LogP contribution in [0.5, 0.6) is 0 Å². The fourth-order valence-electron chi connectivity index (χ4n) is 1.71. The van der Waals surface area contributed by atoms with Crippen LogP contribution in [0.4, 0.5) is 4.39 Å². The van der Waals surface area contributed by atoms with Gasteiger partial charge in [-0.15, -0.1) is 10.2 Å². The summed E-state index contributed by atoms with van der Waals surface area (Å²) in [5.74, 6) is -0.0850. The normalized spacial score (nSPS) is 10.9. The van der Waals surface area contributed by atoms with E-state index in [0.717, 1.165) is 0 Å². The van der Waals surface area contributed by atoms with Gasteiger partial charge in [0.25, 0.3) is 5.91 Å². The maximum atomic E-state index is 13.0. The second-order valence-corrected chi connectivity index (χ2v) is 5.17. The summed E-state index contributed by atoms with van der Waals surface area (Å²) in [5.41, 5.74) is 0.282. The number of rotatable bonds is 3. The molecule has 1 aromatic carbocycles. The molecule has 0 aliphatic rings. The molecule has 2 heterocycles. The lowest BCUT2D eigenvalue weighted by Gasteiger charge is -2.02. The molecule has 0 aliphatic heterocycles. The number of carbonyl (C=O) groups is 1. The number of aromatic nitrogens is 4. The van der Waals surface area contributed by atoms with Crippen LogP contribution in [0.15, 0.2) is 24.3 Å². The number of hydrogen-bond acceptors (Lipinski definition) is 5. The van der Waals surface area contributed by atoms with E-state index in [9.17, 15) is 9.18 Å². The van der Waals surface area contributed by atoms with Gasteiger partial charge in [0, 0.05) is 5.56 Å². The molecular formula is C12H10FN5OS. The molecule has 0 bridgehead atoms. The zero-order valence-electron chi connectivity index (χ0n) is 10.5. The van der Waals surface area contributed by atoms with E-state index in [-0.39, 0.29) is 18.0 Å². The standard InChI is InChI=1S/C12H10FN5OS/c1-7-15-16-12-18(7)17-10(20-12)6-14-11(19)8-3-2-4-9(13)5-8/h2-5H,6H2,1H3,(H,14,19). The number of hydrogen-bond donors (Lipinski definition) is 1. The van der Waals surface area contributed by atoms with Gasteiger partial charge in [0.15, 0.2) is 5.82 Å². The zero-order chi connectivity index (χ0) is 14.1. The highest BCUT2D eigenvalue weighted by Crippen LogP contribution is 2.13. The lowest BCUT2D eigenvalue weighted by Crippen LogP contribution is -2.22. The first-order valence-corrected chi connectivity index (χ1v) is 6.66. The molecule has 0 spiro atoms. The summed E-state index contributed by atoms with van der Waals surface area (Å²) in [5, 5.41) is 15.5. The molecule has 6 nitrogen and oxygen atoms in total. The van der Waals surface area contributed by atoms with Gasteiger partial charge < -0.3 is 5.32 Å².